The van der Waals surface area contributed by atoms with Crippen molar-refractivity contribution in [2.24, 2.45) is 0 Å². The standard InChI is InChI=1S/C87H140O16P2/c1-4-7-10-13-16-19-22-25-28-31-34-37-40-43-46-49-52-55-58-61-64-67-70-73-85(90)97-76-82(88)77-99-104(93,94)100-78-83(89)79-101-105(95,96)102-81-84(103-87(92)75-72-69-66-63-60-57-54-51-48-45-42-39-36-33-30-27-24-21-18-15-12-9-6-3)80-98-86(91)74-71-68-65-62-59-56-53-50-47-44-41-38-35-32-29-26-23-20-17-14-11-8-5-2/h7-12,16-21,25-30,34-39,43-48,52,55,82-84,88-89H,4-6,13-15,22-24,31-33,40-42,49-51,53-54,56-81H2,1-3H3,(H,93,94)(H,95,96)/b10-7-,11-8-,12-9-,19-16-,20-17-,21-18-,28-25-,29-26-,30-27-,37-34-,38-35-,39-36-,46-43-,47-44-,48-45-,55-52-. The van der Waals surface area contributed by atoms with Crippen LogP contribution in [-0.4, -0.2) is 95.9 Å². The first-order chi connectivity index (χ1) is 51.2. The van der Waals surface area contributed by atoms with Crippen LogP contribution in [0.4, 0.5) is 0 Å². The number of allylic oxidation sites excluding steroid dienone is 32. The second-order valence-electron chi connectivity index (χ2n) is 25.7. The van der Waals surface area contributed by atoms with Gasteiger partial charge in [0.05, 0.1) is 26.4 Å². The number of aliphatic hydroxyl groups is 2. The average Bonchev–Trinajstić information content (AvgIpc) is 0.962. The van der Waals surface area contributed by atoms with Crippen LogP contribution >= 0.6 is 15.6 Å². The molecule has 594 valence electrons. The smallest absolute Gasteiger partial charge is 0.463 e. The molecule has 5 unspecified atom stereocenters. The molecule has 0 heterocycles. The van der Waals surface area contributed by atoms with Gasteiger partial charge in [-0.1, -0.05) is 292 Å². The molecule has 18 heteroatoms. The van der Waals surface area contributed by atoms with E-state index in [2.05, 4.69) is 215 Å². The van der Waals surface area contributed by atoms with Gasteiger partial charge in [-0.2, -0.15) is 0 Å². The molecule has 0 aromatic carbocycles. The number of phosphoric acid groups is 2. The Labute approximate surface area is 636 Å². The molecule has 105 heavy (non-hydrogen) atoms. The minimum absolute atomic E-state index is 0.0797. The van der Waals surface area contributed by atoms with Crippen LogP contribution in [0.15, 0.2) is 194 Å². The molecular weight excluding hydrogens is 1360 g/mol. The fraction of sp³-hybridized carbons (Fsp3) is 0.598. The summed E-state index contributed by atoms with van der Waals surface area (Å²) in [6.45, 7) is 2.26. The molecule has 16 nitrogen and oxygen atoms in total. The molecule has 0 aliphatic carbocycles. The highest BCUT2D eigenvalue weighted by Gasteiger charge is 2.29. The minimum atomic E-state index is -4.95. The molecule has 0 aliphatic heterocycles. The lowest BCUT2D eigenvalue weighted by Gasteiger charge is -2.21. The highest BCUT2D eigenvalue weighted by Crippen LogP contribution is 2.45. The van der Waals surface area contributed by atoms with Crippen LogP contribution in [0.25, 0.3) is 0 Å². The second-order valence-corrected chi connectivity index (χ2v) is 28.6. The normalized spacial score (nSPS) is 15.0. The molecular formula is C87H140O16P2. The number of carbonyl (C=O) groups is 3. The summed E-state index contributed by atoms with van der Waals surface area (Å²) in [6, 6.07) is 0. The van der Waals surface area contributed by atoms with E-state index in [1.54, 1.807) is 0 Å². The van der Waals surface area contributed by atoms with E-state index in [0.717, 1.165) is 218 Å². The number of esters is 3. The van der Waals surface area contributed by atoms with Crippen LogP contribution in [0.3, 0.4) is 0 Å². The number of carbonyl (C=O) groups excluding carboxylic acids is 3. The minimum Gasteiger partial charge on any atom is -0.463 e. The quantitative estimate of drug-likeness (QED) is 0.0146. The van der Waals surface area contributed by atoms with E-state index in [9.17, 15) is 43.5 Å². The fourth-order valence-electron chi connectivity index (χ4n) is 9.86. The van der Waals surface area contributed by atoms with E-state index in [1.807, 2.05) is 0 Å². The Bertz CT molecular complexity index is 2690. The average molecular weight is 1500 g/mol. The summed E-state index contributed by atoms with van der Waals surface area (Å²) in [5.41, 5.74) is 0. The summed E-state index contributed by atoms with van der Waals surface area (Å²) < 4.78 is 61.2. The van der Waals surface area contributed by atoms with Crippen LogP contribution in [0.5, 0.6) is 0 Å². The number of aliphatic hydroxyl groups excluding tert-OH is 2. The summed E-state index contributed by atoms with van der Waals surface area (Å²) in [5, 5.41) is 20.6. The van der Waals surface area contributed by atoms with Crippen molar-refractivity contribution in [1.29, 1.82) is 0 Å². The van der Waals surface area contributed by atoms with Gasteiger partial charge in [0.15, 0.2) is 6.10 Å². The second kappa shape index (κ2) is 78.0. The lowest BCUT2D eigenvalue weighted by atomic mass is 10.1. The highest BCUT2D eigenvalue weighted by atomic mass is 31.2. The first-order valence-corrected chi connectivity index (χ1v) is 42.7. The SMILES string of the molecule is CC/C=C\C/C=C\C/C=C\C/C=C\C/C=C\C/C=C\CCCCCCC(=O)OCC(O)COP(=O)(O)OCC(O)COP(=O)(O)OCC(COC(=O)CCCCCCCCC/C=C\C/C=C\C/C=C\C/C=C\C/C=C\CC)OC(=O)CCCCCCCCC/C=C\C/C=C\C/C=C\C/C=C\C/C=C\CC. The lowest BCUT2D eigenvalue weighted by molar-refractivity contribution is -0.161. The van der Waals surface area contributed by atoms with E-state index >= 15 is 0 Å². The summed E-state index contributed by atoms with van der Waals surface area (Å²) in [4.78, 5) is 58.8. The molecule has 5 atom stereocenters. The Hall–Kier alpha value is -5.61. The Kier molecular flexibility index (Phi) is 73.8. The van der Waals surface area contributed by atoms with Gasteiger partial charge in [-0.25, -0.2) is 9.13 Å². The van der Waals surface area contributed by atoms with Crippen molar-refractivity contribution < 1.29 is 75.8 Å². The van der Waals surface area contributed by atoms with E-state index in [1.165, 1.54) is 0 Å². The van der Waals surface area contributed by atoms with Crippen molar-refractivity contribution in [1.82, 2.24) is 0 Å². The number of phosphoric ester groups is 2. The molecule has 0 saturated carbocycles. The van der Waals surface area contributed by atoms with Gasteiger partial charge in [-0.05, 0) is 161 Å². The van der Waals surface area contributed by atoms with Gasteiger partial charge in [0.25, 0.3) is 0 Å². The first kappa shape index (κ1) is 99.4. The molecule has 0 saturated heterocycles. The number of unbranched alkanes of at least 4 members (excludes halogenated alkanes) is 18. The van der Waals surface area contributed by atoms with E-state index < -0.39 is 91.5 Å². The van der Waals surface area contributed by atoms with E-state index in [0.29, 0.717) is 19.3 Å². The van der Waals surface area contributed by atoms with Gasteiger partial charge in [-0.15, -0.1) is 0 Å². The highest BCUT2D eigenvalue weighted by molar-refractivity contribution is 7.47. The van der Waals surface area contributed by atoms with Crippen molar-refractivity contribution >= 4 is 33.6 Å². The molecule has 0 amide bonds. The van der Waals surface area contributed by atoms with Gasteiger partial charge >= 0.3 is 33.6 Å². The molecule has 0 radical (unpaired) electrons. The van der Waals surface area contributed by atoms with Gasteiger partial charge in [0.1, 0.15) is 25.4 Å². The summed E-state index contributed by atoms with van der Waals surface area (Å²) in [7, 11) is -9.83. The number of hydrogen-bond donors (Lipinski definition) is 4. The zero-order valence-corrected chi connectivity index (χ0v) is 66.6. The molecule has 0 bridgehead atoms. The third-order valence-corrected chi connectivity index (χ3v) is 17.7. The Balaban J connectivity index is 4.79. The van der Waals surface area contributed by atoms with Crippen LogP contribution in [0.2, 0.25) is 0 Å². The van der Waals surface area contributed by atoms with E-state index in [4.69, 9.17) is 32.3 Å². The van der Waals surface area contributed by atoms with E-state index in [-0.39, 0.29) is 19.3 Å². The fourth-order valence-corrected chi connectivity index (χ4v) is 11.4. The van der Waals surface area contributed by atoms with Crippen molar-refractivity contribution in [3.8, 4) is 0 Å². The number of ether oxygens (including phenoxy) is 3. The van der Waals surface area contributed by atoms with Gasteiger partial charge in [-0.3, -0.25) is 32.5 Å². The van der Waals surface area contributed by atoms with Crippen LogP contribution in [0.1, 0.15) is 278 Å². The third kappa shape index (κ3) is 79.3. The summed E-state index contributed by atoms with van der Waals surface area (Å²) >= 11 is 0. The number of rotatable bonds is 73. The summed E-state index contributed by atoms with van der Waals surface area (Å²) in [5.74, 6) is -1.64. The van der Waals surface area contributed by atoms with Gasteiger partial charge < -0.3 is 34.2 Å². The molecule has 0 aliphatic rings. The zero-order valence-electron chi connectivity index (χ0n) is 64.8. The Morgan fingerprint density at radius 3 is 0.752 bits per heavy atom. The molecule has 0 aromatic heterocycles. The van der Waals surface area contributed by atoms with Crippen LogP contribution in [0, 0.1) is 0 Å². The predicted molar refractivity (Wildman–Crippen MR) is 435 cm³/mol. The van der Waals surface area contributed by atoms with Crippen LogP contribution in [-0.2, 0) is 55.8 Å². The first-order valence-electron chi connectivity index (χ1n) is 39.7. The lowest BCUT2D eigenvalue weighted by Crippen LogP contribution is -2.30. The summed E-state index contributed by atoms with van der Waals surface area (Å²) in [6.07, 6.45) is 102. The van der Waals surface area contributed by atoms with Gasteiger partial charge in [0, 0.05) is 19.3 Å². The zero-order chi connectivity index (χ0) is 76.6. The Morgan fingerprint density at radius 2 is 0.476 bits per heavy atom. The Morgan fingerprint density at radius 1 is 0.267 bits per heavy atom. The van der Waals surface area contributed by atoms with Crippen molar-refractivity contribution in [2.45, 2.75) is 296 Å². The monoisotopic (exact) mass is 1500 g/mol. The third-order valence-electron chi connectivity index (χ3n) is 15.8. The number of hydrogen-bond acceptors (Lipinski definition) is 14. The maximum Gasteiger partial charge on any atom is 0.472 e. The van der Waals surface area contributed by atoms with Crippen molar-refractivity contribution in [3.05, 3.63) is 194 Å². The molecule has 0 rings (SSSR count). The van der Waals surface area contributed by atoms with Crippen molar-refractivity contribution in [2.75, 3.05) is 39.6 Å². The molecule has 0 spiro atoms. The molecule has 4 N–H and O–H groups in total. The maximum absolute atomic E-state index is 13.0. The predicted octanol–water partition coefficient (Wildman–Crippen LogP) is 23.5. The molecule has 0 fully saturated rings. The van der Waals surface area contributed by atoms with Crippen molar-refractivity contribution in [3.63, 3.8) is 0 Å². The van der Waals surface area contributed by atoms with Crippen LogP contribution < -0.4 is 0 Å². The molecule has 0 aromatic rings. The maximum atomic E-state index is 13.0. The van der Waals surface area contributed by atoms with Gasteiger partial charge in [0.2, 0.25) is 0 Å². The topological polar surface area (TPSA) is 231 Å². The largest absolute Gasteiger partial charge is 0.472 e.